The second-order valence-corrected chi connectivity index (χ2v) is 7.52. The number of hydrogen-bond donors (Lipinski definition) is 1. The Bertz CT molecular complexity index is 1040. The Morgan fingerprint density at radius 2 is 1.59 bits per heavy atom. The van der Waals surface area contributed by atoms with E-state index in [4.69, 9.17) is 37.4 Å². The van der Waals surface area contributed by atoms with Crippen molar-refractivity contribution in [3.05, 3.63) is 82.8 Å². The van der Waals surface area contributed by atoms with Gasteiger partial charge in [-0.2, -0.15) is 0 Å². The predicted octanol–water partition coefficient (Wildman–Crippen LogP) is 6.13. The zero-order chi connectivity index (χ0) is 22.8. The molecule has 1 amide bonds. The third kappa shape index (κ3) is 7.80. The fourth-order valence-electron chi connectivity index (χ4n) is 2.64. The SMILES string of the molecule is O=C(COC(=O)CCCOc1ccc(Cl)cc1Cl)Nc1ccc(Oc2ccccc2)cc1. The number of amides is 1. The Kier molecular flexibility index (Phi) is 8.78. The Balaban J connectivity index is 1.33. The highest BCUT2D eigenvalue weighted by molar-refractivity contribution is 6.35. The molecule has 0 saturated heterocycles. The molecule has 0 spiro atoms. The highest BCUT2D eigenvalue weighted by Gasteiger charge is 2.09. The monoisotopic (exact) mass is 473 g/mol. The van der Waals surface area contributed by atoms with Crippen molar-refractivity contribution < 1.29 is 23.8 Å². The van der Waals surface area contributed by atoms with Crippen LogP contribution < -0.4 is 14.8 Å². The van der Waals surface area contributed by atoms with E-state index in [0.717, 1.165) is 5.75 Å². The van der Waals surface area contributed by atoms with Crippen LogP contribution in [0.2, 0.25) is 10.0 Å². The Hall–Kier alpha value is -3.22. The van der Waals surface area contributed by atoms with Crippen LogP contribution in [0.1, 0.15) is 12.8 Å². The maximum absolute atomic E-state index is 12.0. The first kappa shape index (κ1) is 23.4. The van der Waals surface area contributed by atoms with Gasteiger partial charge >= 0.3 is 5.97 Å². The lowest BCUT2D eigenvalue weighted by Gasteiger charge is -2.09. The maximum Gasteiger partial charge on any atom is 0.306 e. The molecule has 0 atom stereocenters. The van der Waals surface area contributed by atoms with E-state index >= 15 is 0 Å². The lowest BCUT2D eigenvalue weighted by molar-refractivity contribution is -0.147. The summed E-state index contributed by atoms with van der Waals surface area (Å²) in [7, 11) is 0. The van der Waals surface area contributed by atoms with E-state index in [2.05, 4.69) is 5.32 Å². The first-order valence-corrected chi connectivity index (χ1v) is 10.6. The van der Waals surface area contributed by atoms with Gasteiger partial charge in [-0.25, -0.2) is 0 Å². The van der Waals surface area contributed by atoms with Crippen molar-refractivity contribution in [1.29, 1.82) is 0 Å². The van der Waals surface area contributed by atoms with Gasteiger partial charge in [0.05, 0.1) is 11.6 Å². The van der Waals surface area contributed by atoms with Gasteiger partial charge in [0, 0.05) is 17.1 Å². The molecule has 0 unspecified atom stereocenters. The predicted molar refractivity (Wildman–Crippen MR) is 124 cm³/mol. The van der Waals surface area contributed by atoms with Crippen molar-refractivity contribution in [1.82, 2.24) is 0 Å². The fraction of sp³-hybridized carbons (Fsp3) is 0.167. The average molecular weight is 474 g/mol. The Morgan fingerprint density at radius 1 is 0.875 bits per heavy atom. The minimum Gasteiger partial charge on any atom is -0.492 e. The molecule has 0 aromatic heterocycles. The number of carbonyl (C=O) groups is 2. The van der Waals surface area contributed by atoms with Gasteiger partial charge in [-0.05, 0) is 61.0 Å². The average Bonchev–Trinajstić information content (AvgIpc) is 2.78. The molecule has 0 aliphatic heterocycles. The summed E-state index contributed by atoms with van der Waals surface area (Å²) in [6.07, 6.45) is 0.534. The summed E-state index contributed by atoms with van der Waals surface area (Å²) in [5.41, 5.74) is 0.569. The van der Waals surface area contributed by atoms with E-state index < -0.39 is 11.9 Å². The summed E-state index contributed by atoms with van der Waals surface area (Å²) in [4.78, 5) is 23.8. The highest BCUT2D eigenvalue weighted by Crippen LogP contribution is 2.27. The fourth-order valence-corrected chi connectivity index (χ4v) is 3.10. The summed E-state index contributed by atoms with van der Waals surface area (Å²) in [5, 5.41) is 3.58. The number of nitrogens with one attached hydrogen (secondary N) is 1. The number of halogens is 2. The molecule has 0 aliphatic rings. The number of rotatable bonds is 10. The number of hydrogen-bond acceptors (Lipinski definition) is 5. The van der Waals surface area contributed by atoms with Gasteiger partial charge in [-0.1, -0.05) is 41.4 Å². The zero-order valence-corrected chi connectivity index (χ0v) is 18.6. The van der Waals surface area contributed by atoms with Crippen LogP contribution in [-0.4, -0.2) is 25.1 Å². The van der Waals surface area contributed by atoms with Crippen LogP contribution >= 0.6 is 23.2 Å². The first-order valence-electron chi connectivity index (χ1n) is 9.86. The molecular formula is C24H21Cl2NO5. The summed E-state index contributed by atoms with van der Waals surface area (Å²) in [6.45, 7) is -0.0922. The van der Waals surface area contributed by atoms with Crippen LogP contribution in [0, 0.1) is 0 Å². The zero-order valence-electron chi connectivity index (χ0n) is 17.1. The summed E-state index contributed by atoms with van der Waals surface area (Å²) in [5.74, 6) is 0.932. The van der Waals surface area contributed by atoms with Crippen molar-refractivity contribution in [2.75, 3.05) is 18.5 Å². The van der Waals surface area contributed by atoms with Crippen molar-refractivity contribution >= 4 is 40.8 Å². The minimum atomic E-state index is -0.488. The van der Waals surface area contributed by atoms with Gasteiger partial charge in [0.15, 0.2) is 6.61 Å². The number of ether oxygens (including phenoxy) is 3. The topological polar surface area (TPSA) is 73.9 Å². The molecule has 0 radical (unpaired) electrons. The van der Waals surface area contributed by atoms with Gasteiger partial charge in [0.1, 0.15) is 17.2 Å². The minimum absolute atomic E-state index is 0.115. The van der Waals surface area contributed by atoms with Gasteiger partial charge in [-0.3, -0.25) is 9.59 Å². The normalized spacial score (nSPS) is 10.3. The maximum atomic E-state index is 12.0. The van der Waals surface area contributed by atoms with Gasteiger partial charge < -0.3 is 19.5 Å². The molecule has 8 heteroatoms. The van der Waals surface area contributed by atoms with Crippen LogP contribution in [0.5, 0.6) is 17.2 Å². The van der Waals surface area contributed by atoms with E-state index in [-0.39, 0.29) is 19.6 Å². The number of carbonyl (C=O) groups excluding carboxylic acids is 2. The van der Waals surface area contributed by atoms with Crippen molar-refractivity contribution in [2.45, 2.75) is 12.8 Å². The quantitative estimate of drug-likeness (QED) is 0.283. The third-order valence-corrected chi connectivity index (χ3v) is 4.69. The standard InChI is InChI=1S/C24H21Cl2NO5/c25-17-8-13-22(21(26)15-17)30-14-4-7-24(29)31-16-23(28)27-18-9-11-20(12-10-18)32-19-5-2-1-3-6-19/h1-3,5-6,8-13,15H,4,7,14,16H2,(H,27,28). The lowest BCUT2D eigenvalue weighted by atomic mass is 10.3. The van der Waals surface area contributed by atoms with Crippen LogP contribution in [0.4, 0.5) is 5.69 Å². The van der Waals surface area contributed by atoms with E-state index in [1.54, 1.807) is 42.5 Å². The van der Waals surface area contributed by atoms with E-state index in [0.29, 0.717) is 33.7 Å². The summed E-state index contributed by atoms with van der Waals surface area (Å²) in [6, 6.07) is 21.2. The largest absolute Gasteiger partial charge is 0.492 e. The van der Waals surface area contributed by atoms with E-state index in [9.17, 15) is 9.59 Å². The molecule has 1 N–H and O–H groups in total. The van der Waals surface area contributed by atoms with E-state index in [1.165, 1.54) is 0 Å². The summed E-state index contributed by atoms with van der Waals surface area (Å²) >= 11 is 11.8. The molecule has 3 aromatic carbocycles. The number of esters is 1. The molecule has 0 aliphatic carbocycles. The molecular weight excluding hydrogens is 453 g/mol. The molecule has 32 heavy (non-hydrogen) atoms. The van der Waals surface area contributed by atoms with Crippen molar-refractivity contribution in [3.63, 3.8) is 0 Å². The van der Waals surface area contributed by atoms with Crippen LogP contribution in [0.3, 0.4) is 0 Å². The number of para-hydroxylation sites is 1. The van der Waals surface area contributed by atoms with Gasteiger partial charge in [0.25, 0.3) is 5.91 Å². The second-order valence-electron chi connectivity index (χ2n) is 6.68. The Morgan fingerprint density at radius 3 is 2.31 bits per heavy atom. The van der Waals surface area contributed by atoms with Gasteiger partial charge in [0.2, 0.25) is 0 Å². The lowest BCUT2D eigenvalue weighted by Crippen LogP contribution is -2.21. The summed E-state index contributed by atoms with van der Waals surface area (Å²) < 4.78 is 16.2. The van der Waals surface area contributed by atoms with Crippen molar-refractivity contribution in [2.24, 2.45) is 0 Å². The Labute approximate surface area is 196 Å². The molecule has 166 valence electrons. The highest BCUT2D eigenvalue weighted by atomic mass is 35.5. The molecule has 0 bridgehead atoms. The molecule has 0 fully saturated rings. The number of benzene rings is 3. The molecule has 3 aromatic rings. The number of anilines is 1. The molecule has 0 heterocycles. The van der Waals surface area contributed by atoms with Crippen molar-refractivity contribution in [3.8, 4) is 17.2 Å². The first-order chi connectivity index (χ1) is 15.5. The van der Waals surface area contributed by atoms with Crippen LogP contribution in [-0.2, 0) is 14.3 Å². The molecule has 6 nitrogen and oxygen atoms in total. The molecule has 0 saturated carbocycles. The second kappa shape index (κ2) is 12.0. The van der Waals surface area contributed by atoms with Gasteiger partial charge in [-0.15, -0.1) is 0 Å². The van der Waals surface area contributed by atoms with Crippen LogP contribution in [0.25, 0.3) is 0 Å². The van der Waals surface area contributed by atoms with E-state index in [1.807, 2.05) is 30.3 Å². The molecule has 3 rings (SSSR count). The third-order valence-electron chi connectivity index (χ3n) is 4.16. The van der Waals surface area contributed by atoms with Crippen LogP contribution in [0.15, 0.2) is 72.8 Å². The smallest absolute Gasteiger partial charge is 0.306 e.